The molecule has 7 nitrogen and oxygen atoms in total. The number of nitrogens with one attached hydrogen (secondary N) is 2. The summed E-state index contributed by atoms with van der Waals surface area (Å²) in [5.74, 6) is 0.905. The number of amides is 1. The van der Waals surface area contributed by atoms with Gasteiger partial charge in [-0.25, -0.2) is 9.97 Å². The van der Waals surface area contributed by atoms with Crippen LogP contribution in [0.2, 0.25) is 0 Å². The van der Waals surface area contributed by atoms with Crippen LogP contribution in [0.25, 0.3) is 11.0 Å². The molecule has 4 heterocycles. The quantitative estimate of drug-likeness (QED) is 0.742. The minimum absolute atomic E-state index is 0.0127. The van der Waals surface area contributed by atoms with E-state index < -0.39 is 0 Å². The Hall–Kier alpha value is -2.67. The first-order chi connectivity index (χ1) is 11.3. The molecular formula is C16H18N6O. The van der Waals surface area contributed by atoms with E-state index in [0.29, 0.717) is 18.7 Å². The van der Waals surface area contributed by atoms with Gasteiger partial charge >= 0.3 is 0 Å². The van der Waals surface area contributed by atoms with Crippen LogP contribution in [-0.4, -0.2) is 50.0 Å². The minimum atomic E-state index is -0.0714. The lowest BCUT2D eigenvalue weighted by atomic mass is 10.1. The van der Waals surface area contributed by atoms with Crippen molar-refractivity contribution < 1.29 is 4.79 Å². The average Bonchev–Trinajstić information content (AvgIpc) is 3.20. The molecule has 0 saturated carbocycles. The Labute approximate surface area is 133 Å². The first-order valence-electron chi connectivity index (χ1n) is 7.66. The number of rotatable bonds is 2. The highest BCUT2D eigenvalue weighted by Gasteiger charge is 2.32. The van der Waals surface area contributed by atoms with Crippen LogP contribution in [0.5, 0.6) is 0 Å². The fourth-order valence-electron chi connectivity index (χ4n) is 3.16. The third-order valence-corrected chi connectivity index (χ3v) is 4.34. The lowest BCUT2D eigenvalue weighted by Crippen LogP contribution is -2.49. The second-order valence-electron chi connectivity index (χ2n) is 5.72. The lowest BCUT2D eigenvalue weighted by molar-refractivity contribution is 0.0623. The van der Waals surface area contributed by atoms with E-state index >= 15 is 0 Å². The number of carbonyl (C=O) groups excluding carboxylic acids is 1. The Bertz CT molecular complexity index is 851. The highest BCUT2D eigenvalue weighted by atomic mass is 16.2. The van der Waals surface area contributed by atoms with Crippen molar-refractivity contribution in [3.05, 3.63) is 48.3 Å². The largest absolute Gasteiger partial charge is 0.345 e. The molecule has 1 aliphatic rings. The molecular weight excluding hydrogens is 292 g/mol. The third kappa shape index (κ3) is 2.29. The summed E-state index contributed by atoms with van der Waals surface area (Å²) in [5.41, 5.74) is 1.40. The van der Waals surface area contributed by atoms with Gasteiger partial charge in [0, 0.05) is 56.9 Å². The van der Waals surface area contributed by atoms with E-state index in [1.54, 1.807) is 18.6 Å². The monoisotopic (exact) mass is 310 g/mol. The highest BCUT2D eigenvalue weighted by Crippen LogP contribution is 2.25. The van der Waals surface area contributed by atoms with E-state index in [4.69, 9.17) is 0 Å². The van der Waals surface area contributed by atoms with Crippen LogP contribution < -0.4 is 5.32 Å². The number of hydrogen-bond acceptors (Lipinski definition) is 4. The van der Waals surface area contributed by atoms with Crippen molar-refractivity contribution in [2.45, 2.75) is 6.04 Å². The van der Waals surface area contributed by atoms with Crippen molar-refractivity contribution in [1.29, 1.82) is 0 Å². The zero-order chi connectivity index (χ0) is 15.8. The number of aromatic nitrogens is 4. The number of imidazole rings is 1. The topological polar surface area (TPSA) is 78.8 Å². The van der Waals surface area contributed by atoms with Gasteiger partial charge in [-0.05, 0) is 12.1 Å². The molecule has 1 aliphatic heterocycles. The van der Waals surface area contributed by atoms with Gasteiger partial charge in [0.15, 0.2) is 0 Å². The molecule has 1 unspecified atom stereocenters. The molecule has 0 aromatic carbocycles. The maximum Gasteiger partial charge on any atom is 0.256 e. The van der Waals surface area contributed by atoms with Gasteiger partial charge in [0.1, 0.15) is 17.5 Å². The van der Waals surface area contributed by atoms with Crippen molar-refractivity contribution >= 4 is 16.9 Å². The van der Waals surface area contributed by atoms with Crippen molar-refractivity contribution in [1.82, 2.24) is 29.7 Å². The zero-order valence-electron chi connectivity index (χ0n) is 12.9. The number of piperazine rings is 1. The Morgan fingerprint density at radius 3 is 3.09 bits per heavy atom. The summed E-state index contributed by atoms with van der Waals surface area (Å²) < 4.78 is 1.97. The minimum Gasteiger partial charge on any atom is -0.345 e. The summed E-state index contributed by atoms with van der Waals surface area (Å²) in [7, 11) is 1.95. The summed E-state index contributed by atoms with van der Waals surface area (Å²) in [4.78, 5) is 26.8. The smallest absolute Gasteiger partial charge is 0.256 e. The Morgan fingerprint density at radius 2 is 2.26 bits per heavy atom. The molecule has 7 heteroatoms. The molecule has 118 valence electrons. The van der Waals surface area contributed by atoms with E-state index in [2.05, 4.69) is 20.3 Å². The van der Waals surface area contributed by atoms with Gasteiger partial charge in [-0.2, -0.15) is 0 Å². The Balaban J connectivity index is 1.72. The summed E-state index contributed by atoms with van der Waals surface area (Å²) in [6.07, 6.45) is 7.14. The van der Waals surface area contributed by atoms with E-state index in [-0.39, 0.29) is 11.9 Å². The maximum atomic E-state index is 13.1. The third-order valence-electron chi connectivity index (χ3n) is 4.34. The van der Waals surface area contributed by atoms with Crippen LogP contribution in [0.3, 0.4) is 0 Å². The first-order valence-corrected chi connectivity index (χ1v) is 7.66. The van der Waals surface area contributed by atoms with Crippen molar-refractivity contribution in [2.75, 3.05) is 19.6 Å². The van der Waals surface area contributed by atoms with E-state index in [1.165, 1.54) is 0 Å². The first kappa shape index (κ1) is 14.0. The predicted molar refractivity (Wildman–Crippen MR) is 85.9 cm³/mol. The van der Waals surface area contributed by atoms with Crippen LogP contribution in [-0.2, 0) is 7.05 Å². The van der Waals surface area contributed by atoms with Crippen molar-refractivity contribution in [3.63, 3.8) is 0 Å². The molecule has 2 N–H and O–H groups in total. The molecule has 1 fully saturated rings. The molecule has 0 bridgehead atoms. The molecule has 4 rings (SSSR count). The SMILES string of the molecule is Cn1ccnc1C1CNCCN1C(=O)c1c[nH]c2ncccc12. The second-order valence-corrected chi connectivity index (χ2v) is 5.72. The van der Waals surface area contributed by atoms with Crippen molar-refractivity contribution in [2.24, 2.45) is 7.05 Å². The average molecular weight is 310 g/mol. The highest BCUT2D eigenvalue weighted by molar-refractivity contribution is 6.06. The zero-order valence-corrected chi connectivity index (χ0v) is 12.9. The molecule has 0 spiro atoms. The van der Waals surface area contributed by atoms with E-state index in [1.807, 2.05) is 34.8 Å². The van der Waals surface area contributed by atoms with Crippen LogP contribution >= 0.6 is 0 Å². The van der Waals surface area contributed by atoms with Crippen LogP contribution in [0.1, 0.15) is 22.2 Å². The number of pyridine rings is 1. The Morgan fingerprint density at radius 1 is 1.35 bits per heavy atom. The van der Waals surface area contributed by atoms with E-state index in [9.17, 15) is 4.79 Å². The molecule has 23 heavy (non-hydrogen) atoms. The van der Waals surface area contributed by atoms with Gasteiger partial charge in [-0.15, -0.1) is 0 Å². The van der Waals surface area contributed by atoms with Gasteiger partial charge in [0.25, 0.3) is 5.91 Å². The van der Waals surface area contributed by atoms with Crippen LogP contribution in [0.4, 0.5) is 0 Å². The summed E-state index contributed by atoms with van der Waals surface area (Å²) in [6, 6.07) is 3.70. The number of H-pyrrole nitrogens is 1. The number of aryl methyl sites for hydroxylation is 1. The fraction of sp³-hybridized carbons (Fsp3) is 0.312. The van der Waals surface area contributed by atoms with Gasteiger partial charge in [-0.3, -0.25) is 4.79 Å². The van der Waals surface area contributed by atoms with Gasteiger partial charge in [0.05, 0.1) is 5.56 Å². The number of nitrogens with zero attached hydrogens (tertiary/aromatic N) is 4. The molecule has 3 aromatic heterocycles. The summed E-state index contributed by atoms with van der Waals surface area (Å²) in [5, 5.41) is 4.21. The van der Waals surface area contributed by atoms with Gasteiger partial charge in [-0.1, -0.05) is 0 Å². The maximum absolute atomic E-state index is 13.1. The molecule has 1 amide bonds. The number of hydrogen-bond donors (Lipinski definition) is 2. The van der Waals surface area contributed by atoms with Crippen molar-refractivity contribution in [3.8, 4) is 0 Å². The molecule has 3 aromatic rings. The fourth-order valence-corrected chi connectivity index (χ4v) is 3.16. The standard InChI is InChI=1S/C16H18N6O/c1-21-7-6-19-15(21)13-10-17-5-8-22(13)16(23)12-9-20-14-11(12)3-2-4-18-14/h2-4,6-7,9,13,17H,5,8,10H2,1H3,(H,18,20). The predicted octanol–water partition coefficient (Wildman–Crippen LogP) is 1.08. The lowest BCUT2D eigenvalue weighted by Gasteiger charge is -2.35. The summed E-state index contributed by atoms with van der Waals surface area (Å²) >= 11 is 0. The van der Waals surface area contributed by atoms with Gasteiger partial charge < -0.3 is 19.8 Å². The summed E-state index contributed by atoms with van der Waals surface area (Å²) in [6.45, 7) is 2.15. The number of aromatic amines is 1. The number of carbonyl (C=O) groups is 1. The molecule has 0 radical (unpaired) electrons. The van der Waals surface area contributed by atoms with Gasteiger partial charge in [0.2, 0.25) is 0 Å². The normalized spacial score (nSPS) is 18.5. The second kappa shape index (κ2) is 5.51. The molecule has 1 saturated heterocycles. The van der Waals surface area contributed by atoms with Crippen LogP contribution in [0, 0.1) is 0 Å². The van der Waals surface area contributed by atoms with E-state index in [0.717, 1.165) is 23.4 Å². The Kier molecular flexibility index (Phi) is 3.34. The van der Waals surface area contributed by atoms with Crippen LogP contribution in [0.15, 0.2) is 36.9 Å². The molecule has 0 aliphatic carbocycles. The number of fused-ring (bicyclic) bond motifs is 1. The molecule has 1 atom stereocenters.